The monoisotopic (exact) mass is 235 g/mol. The van der Waals surface area contributed by atoms with Gasteiger partial charge in [-0.05, 0) is 13.0 Å². The quantitative estimate of drug-likeness (QED) is 0.846. The fourth-order valence-electron chi connectivity index (χ4n) is 1.57. The van der Waals surface area contributed by atoms with Gasteiger partial charge in [-0.2, -0.15) is 0 Å². The van der Waals surface area contributed by atoms with Gasteiger partial charge in [-0.15, -0.1) is 0 Å². The van der Waals surface area contributed by atoms with Gasteiger partial charge in [-0.1, -0.05) is 13.8 Å². The van der Waals surface area contributed by atoms with E-state index < -0.39 is 6.10 Å². The largest absolute Gasteiger partial charge is 0.422 e. The fraction of sp³-hybridized carbons (Fsp3) is 0.500. The number of pyridine rings is 1. The van der Waals surface area contributed by atoms with Crippen LogP contribution in [-0.2, 0) is 0 Å². The van der Waals surface area contributed by atoms with Crippen LogP contribution < -0.4 is 5.73 Å². The molecule has 92 valence electrons. The minimum atomic E-state index is -0.730. The summed E-state index contributed by atoms with van der Waals surface area (Å²) in [6, 6.07) is 1.43. The zero-order valence-corrected chi connectivity index (χ0v) is 10.2. The van der Waals surface area contributed by atoms with Gasteiger partial charge in [0.2, 0.25) is 5.71 Å². The summed E-state index contributed by atoms with van der Waals surface area (Å²) in [4.78, 5) is 8.48. The lowest BCUT2D eigenvalue weighted by atomic mass is 10.1. The SMILES string of the molecule is CC(C)c1nc2cc(C(O)C(C)N)cnc2o1. The molecule has 0 bridgehead atoms. The zero-order valence-electron chi connectivity index (χ0n) is 10.2. The van der Waals surface area contributed by atoms with Crippen LogP contribution in [0.5, 0.6) is 0 Å². The minimum absolute atomic E-state index is 0.214. The number of aliphatic hydroxyl groups is 1. The number of hydrogen-bond acceptors (Lipinski definition) is 5. The van der Waals surface area contributed by atoms with Crippen molar-refractivity contribution < 1.29 is 9.52 Å². The third-order valence-electron chi connectivity index (χ3n) is 2.62. The van der Waals surface area contributed by atoms with E-state index in [1.807, 2.05) is 13.8 Å². The summed E-state index contributed by atoms with van der Waals surface area (Å²) in [5, 5.41) is 9.85. The lowest BCUT2D eigenvalue weighted by molar-refractivity contribution is 0.153. The molecule has 2 aromatic heterocycles. The Morgan fingerprint density at radius 3 is 2.65 bits per heavy atom. The first-order valence-electron chi connectivity index (χ1n) is 5.69. The predicted molar refractivity (Wildman–Crippen MR) is 64.5 cm³/mol. The van der Waals surface area contributed by atoms with Crippen molar-refractivity contribution in [2.75, 3.05) is 0 Å². The van der Waals surface area contributed by atoms with E-state index in [2.05, 4.69) is 9.97 Å². The number of rotatable bonds is 3. The Kier molecular flexibility index (Phi) is 3.13. The van der Waals surface area contributed by atoms with E-state index in [0.717, 1.165) is 0 Å². The van der Waals surface area contributed by atoms with Crippen molar-refractivity contribution in [2.45, 2.75) is 38.8 Å². The highest BCUT2D eigenvalue weighted by Crippen LogP contribution is 2.23. The number of nitrogens with two attached hydrogens (primary N) is 1. The topological polar surface area (TPSA) is 85.2 Å². The van der Waals surface area contributed by atoms with E-state index in [-0.39, 0.29) is 12.0 Å². The third kappa shape index (κ3) is 2.30. The second kappa shape index (κ2) is 4.43. The lowest BCUT2D eigenvalue weighted by Crippen LogP contribution is -2.24. The fourth-order valence-corrected chi connectivity index (χ4v) is 1.57. The Hall–Kier alpha value is -1.46. The molecule has 0 aliphatic heterocycles. The molecule has 0 aliphatic carbocycles. The van der Waals surface area contributed by atoms with Crippen molar-refractivity contribution in [3.05, 3.63) is 23.7 Å². The molecule has 0 amide bonds. The Bertz CT molecular complexity index is 519. The number of hydrogen-bond donors (Lipinski definition) is 2. The van der Waals surface area contributed by atoms with Gasteiger partial charge in [0, 0.05) is 23.7 Å². The van der Waals surface area contributed by atoms with Crippen LogP contribution in [0.4, 0.5) is 0 Å². The van der Waals surface area contributed by atoms with Gasteiger partial charge in [-0.25, -0.2) is 9.97 Å². The Labute approximate surface area is 99.7 Å². The highest BCUT2D eigenvalue weighted by molar-refractivity contribution is 5.68. The molecule has 2 atom stereocenters. The Balaban J connectivity index is 2.43. The average Bonchev–Trinajstić information content (AvgIpc) is 2.70. The first kappa shape index (κ1) is 12.0. The summed E-state index contributed by atoms with van der Waals surface area (Å²) in [6.45, 7) is 5.75. The third-order valence-corrected chi connectivity index (χ3v) is 2.62. The molecule has 0 aliphatic rings. The summed E-state index contributed by atoms with van der Waals surface area (Å²) >= 11 is 0. The number of nitrogens with zero attached hydrogens (tertiary/aromatic N) is 2. The molecule has 2 unspecified atom stereocenters. The van der Waals surface area contributed by atoms with Gasteiger partial charge in [0.1, 0.15) is 5.52 Å². The Morgan fingerprint density at radius 1 is 1.35 bits per heavy atom. The first-order chi connectivity index (χ1) is 7.99. The summed E-state index contributed by atoms with van der Waals surface area (Å²) in [5.41, 5.74) is 7.46. The van der Waals surface area contributed by atoms with Gasteiger partial charge in [0.05, 0.1) is 6.10 Å². The maximum Gasteiger partial charge on any atom is 0.246 e. The predicted octanol–water partition coefficient (Wildman–Crippen LogP) is 1.73. The first-order valence-corrected chi connectivity index (χ1v) is 5.69. The second-order valence-corrected chi connectivity index (χ2v) is 4.60. The molecule has 2 rings (SSSR count). The van der Waals surface area contributed by atoms with Gasteiger partial charge in [0.15, 0.2) is 5.89 Å². The molecule has 5 heteroatoms. The van der Waals surface area contributed by atoms with E-state index in [1.54, 1.807) is 19.2 Å². The molecule has 2 aromatic rings. The van der Waals surface area contributed by atoms with Gasteiger partial charge in [-0.3, -0.25) is 0 Å². The van der Waals surface area contributed by atoms with E-state index in [9.17, 15) is 5.11 Å². The second-order valence-electron chi connectivity index (χ2n) is 4.60. The van der Waals surface area contributed by atoms with Crippen molar-refractivity contribution in [2.24, 2.45) is 5.73 Å². The zero-order chi connectivity index (χ0) is 12.6. The minimum Gasteiger partial charge on any atom is -0.422 e. The molecule has 0 spiro atoms. The molecule has 0 saturated heterocycles. The Morgan fingerprint density at radius 2 is 2.06 bits per heavy atom. The molecular formula is C12H17N3O2. The summed E-state index contributed by atoms with van der Waals surface area (Å²) in [5.74, 6) is 0.867. The van der Waals surface area contributed by atoms with Crippen LogP contribution in [0, 0.1) is 0 Å². The number of aromatic nitrogens is 2. The number of oxazole rings is 1. The summed E-state index contributed by atoms with van der Waals surface area (Å²) in [7, 11) is 0. The van der Waals surface area contributed by atoms with E-state index in [1.165, 1.54) is 0 Å². The van der Waals surface area contributed by atoms with Crippen LogP contribution in [0.3, 0.4) is 0 Å². The van der Waals surface area contributed by atoms with Crippen LogP contribution in [0.15, 0.2) is 16.7 Å². The van der Waals surface area contributed by atoms with Crippen molar-refractivity contribution in [3.63, 3.8) is 0 Å². The molecule has 0 fully saturated rings. The van der Waals surface area contributed by atoms with Crippen LogP contribution in [-0.4, -0.2) is 21.1 Å². The van der Waals surface area contributed by atoms with Crippen molar-refractivity contribution in [1.82, 2.24) is 9.97 Å². The van der Waals surface area contributed by atoms with Crippen molar-refractivity contribution in [3.8, 4) is 0 Å². The molecule has 0 radical (unpaired) electrons. The highest BCUT2D eigenvalue weighted by Gasteiger charge is 2.16. The maximum atomic E-state index is 9.85. The average molecular weight is 235 g/mol. The smallest absolute Gasteiger partial charge is 0.246 e. The van der Waals surface area contributed by atoms with Gasteiger partial charge >= 0.3 is 0 Å². The van der Waals surface area contributed by atoms with Crippen LogP contribution >= 0.6 is 0 Å². The van der Waals surface area contributed by atoms with Crippen molar-refractivity contribution >= 4 is 11.2 Å². The van der Waals surface area contributed by atoms with E-state index >= 15 is 0 Å². The molecule has 17 heavy (non-hydrogen) atoms. The lowest BCUT2D eigenvalue weighted by Gasteiger charge is -2.13. The van der Waals surface area contributed by atoms with Crippen molar-refractivity contribution in [1.29, 1.82) is 0 Å². The highest BCUT2D eigenvalue weighted by atomic mass is 16.4. The van der Waals surface area contributed by atoms with Gasteiger partial charge < -0.3 is 15.3 Å². The molecule has 2 heterocycles. The number of fused-ring (bicyclic) bond motifs is 1. The molecule has 0 aromatic carbocycles. The molecule has 5 nitrogen and oxygen atoms in total. The summed E-state index contributed by atoms with van der Waals surface area (Å²) in [6.07, 6.45) is 0.845. The number of aliphatic hydroxyl groups excluding tert-OH is 1. The normalized spacial score (nSPS) is 15.4. The van der Waals surface area contributed by atoms with Crippen LogP contribution in [0.2, 0.25) is 0 Å². The van der Waals surface area contributed by atoms with Gasteiger partial charge in [0.25, 0.3) is 0 Å². The van der Waals surface area contributed by atoms with Crippen LogP contribution in [0.1, 0.15) is 44.2 Å². The van der Waals surface area contributed by atoms with E-state index in [0.29, 0.717) is 22.7 Å². The maximum absolute atomic E-state index is 9.85. The van der Waals surface area contributed by atoms with Crippen LogP contribution in [0.25, 0.3) is 11.2 Å². The summed E-state index contributed by atoms with van der Waals surface area (Å²) < 4.78 is 5.49. The molecule has 3 N–H and O–H groups in total. The van der Waals surface area contributed by atoms with E-state index in [4.69, 9.17) is 10.2 Å². The molecule has 0 saturated carbocycles. The standard InChI is InChI=1S/C12H17N3O2/c1-6(2)11-15-9-4-8(10(16)7(3)13)5-14-12(9)17-11/h4-7,10,16H,13H2,1-3H3. The molecular weight excluding hydrogens is 218 g/mol.